The van der Waals surface area contributed by atoms with E-state index in [4.69, 9.17) is 42.1 Å². The molecule has 0 heterocycles. The van der Waals surface area contributed by atoms with Crippen LogP contribution in [-0.4, -0.2) is 27.0 Å². The fraction of sp³-hybridized carbons (Fsp3) is 0.174. The lowest BCUT2D eigenvalue weighted by molar-refractivity contribution is 0.0476. The van der Waals surface area contributed by atoms with Gasteiger partial charge in [-0.05, 0) is 35.9 Å². The van der Waals surface area contributed by atoms with E-state index in [2.05, 4.69) is 0 Å². The average Bonchev–Trinajstić information content (AvgIpc) is 2.76. The Morgan fingerprint density at radius 3 is 2.23 bits per heavy atom. The van der Waals surface area contributed by atoms with E-state index in [-0.39, 0.29) is 6.79 Å². The number of carbonyl (C=O) groups excluding carboxylic acids is 1. The van der Waals surface area contributed by atoms with Gasteiger partial charge >= 0.3 is 5.97 Å². The van der Waals surface area contributed by atoms with Crippen LogP contribution in [0.3, 0.4) is 0 Å². The van der Waals surface area contributed by atoms with Crippen LogP contribution in [0.25, 0.3) is 0 Å². The lowest BCUT2D eigenvalue weighted by Crippen LogP contribution is -2.08. The minimum Gasteiger partial charge on any atom is -0.485 e. The van der Waals surface area contributed by atoms with Gasteiger partial charge in [0, 0.05) is 26.9 Å². The van der Waals surface area contributed by atoms with Gasteiger partial charge in [-0.2, -0.15) is 0 Å². The van der Waals surface area contributed by atoms with Crippen molar-refractivity contribution in [2.75, 3.05) is 21.0 Å². The van der Waals surface area contributed by atoms with Gasteiger partial charge in [0.2, 0.25) is 0 Å². The van der Waals surface area contributed by atoms with Gasteiger partial charge in [0.1, 0.15) is 6.61 Å². The monoisotopic (exact) mass is 478 g/mol. The molecule has 0 radical (unpaired) electrons. The predicted octanol–water partition coefficient (Wildman–Crippen LogP) is 6.49. The molecule has 0 saturated heterocycles. The lowest BCUT2D eigenvalue weighted by atomic mass is 10.2. The highest BCUT2D eigenvalue weighted by molar-refractivity contribution is 7.99. The van der Waals surface area contributed by atoms with Crippen molar-refractivity contribution in [3.63, 3.8) is 0 Å². The number of methoxy groups -OCH3 is 2. The van der Waals surface area contributed by atoms with Gasteiger partial charge in [0.15, 0.2) is 18.3 Å². The Kier molecular flexibility index (Phi) is 8.49. The smallest absolute Gasteiger partial charge is 0.339 e. The van der Waals surface area contributed by atoms with Gasteiger partial charge in [-0.1, -0.05) is 65.3 Å². The molecule has 0 N–H and O–H groups in total. The first-order valence-electron chi connectivity index (χ1n) is 9.19. The van der Waals surface area contributed by atoms with E-state index >= 15 is 0 Å². The van der Waals surface area contributed by atoms with E-state index in [1.807, 2.05) is 30.3 Å². The summed E-state index contributed by atoms with van der Waals surface area (Å²) < 4.78 is 21.6. The summed E-state index contributed by atoms with van der Waals surface area (Å²) in [5.41, 5.74) is 1.31. The van der Waals surface area contributed by atoms with Crippen LogP contribution in [0.1, 0.15) is 15.9 Å². The number of hydrogen-bond donors (Lipinski definition) is 0. The maximum Gasteiger partial charge on any atom is 0.339 e. The Balaban J connectivity index is 2.00. The van der Waals surface area contributed by atoms with Gasteiger partial charge in [0.05, 0.1) is 12.7 Å². The van der Waals surface area contributed by atoms with Crippen LogP contribution in [-0.2, 0) is 16.1 Å². The highest BCUT2D eigenvalue weighted by Gasteiger charge is 2.20. The summed E-state index contributed by atoms with van der Waals surface area (Å²) in [4.78, 5) is 13.8. The van der Waals surface area contributed by atoms with Gasteiger partial charge in [-0.25, -0.2) is 4.79 Å². The summed E-state index contributed by atoms with van der Waals surface area (Å²) in [7, 11) is 2.83. The SMILES string of the molecule is COCOc1cc(C(=O)OC)c(Sc2cc(Cl)cc(Cl)c2)cc1OCc1ccccc1. The van der Waals surface area contributed by atoms with E-state index < -0.39 is 5.97 Å². The molecular formula is C23H20Cl2O5S. The van der Waals surface area contributed by atoms with Crippen LogP contribution in [0.2, 0.25) is 10.0 Å². The van der Waals surface area contributed by atoms with Crippen LogP contribution >= 0.6 is 35.0 Å². The summed E-state index contributed by atoms with van der Waals surface area (Å²) in [6, 6.07) is 18.2. The minimum atomic E-state index is -0.507. The Labute approximate surface area is 195 Å². The zero-order valence-corrected chi connectivity index (χ0v) is 19.2. The van der Waals surface area contributed by atoms with Gasteiger partial charge in [-0.3, -0.25) is 0 Å². The summed E-state index contributed by atoms with van der Waals surface area (Å²) in [6.45, 7) is 0.327. The standard InChI is InChI=1S/C23H20Cl2O5S/c1-27-14-30-20-11-19(23(26)28-2)22(31-18-9-16(24)8-17(25)10-18)12-21(20)29-13-15-6-4-3-5-7-15/h3-12H,13-14H2,1-2H3. The summed E-state index contributed by atoms with van der Waals surface area (Å²) in [6.07, 6.45) is 0. The van der Waals surface area contributed by atoms with Crippen molar-refractivity contribution in [2.45, 2.75) is 16.4 Å². The number of hydrogen-bond acceptors (Lipinski definition) is 6. The number of rotatable bonds is 9. The van der Waals surface area contributed by atoms with Gasteiger partial charge < -0.3 is 18.9 Å². The Morgan fingerprint density at radius 1 is 0.903 bits per heavy atom. The first kappa shape index (κ1) is 23.3. The van der Waals surface area contributed by atoms with Crippen molar-refractivity contribution in [3.8, 4) is 11.5 Å². The molecule has 0 bridgehead atoms. The van der Waals surface area contributed by atoms with Crippen molar-refractivity contribution >= 4 is 40.9 Å². The normalized spacial score (nSPS) is 10.6. The molecule has 0 amide bonds. The quantitative estimate of drug-likeness (QED) is 0.258. The molecule has 0 aliphatic carbocycles. The zero-order chi connectivity index (χ0) is 22.2. The first-order valence-corrected chi connectivity index (χ1v) is 10.8. The molecule has 0 fully saturated rings. The molecule has 3 rings (SSSR count). The van der Waals surface area contributed by atoms with Crippen LogP contribution in [0.15, 0.2) is 70.5 Å². The molecule has 0 aliphatic rings. The molecule has 0 aromatic heterocycles. The predicted molar refractivity (Wildman–Crippen MR) is 122 cm³/mol. The van der Waals surface area contributed by atoms with Gasteiger partial charge in [0.25, 0.3) is 0 Å². The molecule has 0 unspecified atom stereocenters. The molecule has 0 saturated carbocycles. The number of halogens is 2. The van der Waals surface area contributed by atoms with E-state index in [1.54, 1.807) is 30.3 Å². The maximum absolute atomic E-state index is 12.5. The Hall–Kier alpha value is -2.38. The molecule has 0 aliphatic heterocycles. The molecular weight excluding hydrogens is 459 g/mol. The average molecular weight is 479 g/mol. The topological polar surface area (TPSA) is 54.0 Å². The number of esters is 1. The van der Waals surface area contributed by atoms with Crippen LogP contribution < -0.4 is 9.47 Å². The fourth-order valence-electron chi connectivity index (χ4n) is 2.69. The molecule has 162 valence electrons. The van der Waals surface area contributed by atoms with E-state index in [0.29, 0.717) is 38.6 Å². The third kappa shape index (κ3) is 6.55. The van der Waals surface area contributed by atoms with Crippen molar-refractivity contribution in [1.82, 2.24) is 0 Å². The van der Waals surface area contributed by atoms with Gasteiger partial charge in [-0.15, -0.1) is 0 Å². The summed E-state index contributed by atoms with van der Waals surface area (Å²) in [5.74, 6) is 0.323. The molecule has 3 aromatic carbocycles. The third-order valence-electron chi connectivity index (χ3n) is 4.08. The summed E-state index contributed by atoms with van der Waals surface area (Å²) >= 11 is 13.6. The van der Waals surface area contributed by atoms with Crippen molar-refractivity contribution in [2.24, 2.45) is 0 Å². The molecule has 3 aromatic rings. The number of carbonyl (C=O) groups is 1. The fourth-order valence-corrected chi connectivity index (χ4v) is 4.39. The van der Waals surface area contributed by atoms with E-state index in [0.717, 1.165) is 10.5 Å². The second kappa shape index (κ2) is 11.3. The van der Waals surface area contributed by atoms with Crippen molar-refractivity contribution in [3.05, 3.63) is 81.8 Å². The second-order valence-corrected chi connectivity index (χ2v) is 8.31. The van der Waals surface area contributed by atoms with Crippen LogP contribution in [0.5, 0.6) is 11.5 Å². The van der Waals surface area contributed by atoms with Crippen LogP contribution in [0.4, 0.5) is 0 Å². The number of benzene rings is 3. The minimum absolute atomic E-state index is 0.00129. The highest BCUT2D eigenvalue weighted by atomic mass is 35.5. The zero-order valence-electron chi connectivity index (χ0n) is 16.9. The molecule has 8 heteroatoms. The molecule has 0 atom stereocenters. The van der Waals surface area contributed by atoms with E-state index in [1.165, 1.54) is 26.0 Å². The highest BCUT2D eigenvalue weighted by Crippen LogP contribution is 2.40. The Morgan fingerprint density at radius 2 is 1.58 bits per heavy atom. The Bertz CT molecular complexity index is 1020. The van der Waals surface area contributed by atoms with Crippen LogP contribution in [0, 0.1) is 0 Å². The van der Waals surface area contributed by atoms with E-state index in [9.17, 15) is 4.79 Å². The molecule has 0 spiro atoms. The summed E-state index contributed by atoms with van der Waals surface area (Å²) in [5, 5.41) is 0.991. The molecule has 31 heavy (non-hydrogen) atoms. The van der Waals surface area contributed by atoms with Crippen molar-refractivity contribution in [1.29, 1.82) is 0 Å². The number of ether oxygens (including phenoxy) is 4. The first-order chi connectivity index (χ1) is 15.0. The third-order valence-corrected chi connectivity index (χ3v) is 5.55. The molecule has 5 nitrogen and oxygen atoms in total. The van der Waals surface area contributed by atoms with Crippen molar-refractivity contribution < 1.29 is 23.7 Å². The largest absolute Gasteiger partial charge is 0.485 e. The second-order valence-electron chi connectivity index (χ2n) is 6.32. The maximum atomic E-state index is 12.5. The lowest BCUT2D eigenvalue weighted by Gasteiger charge is -2.16.